The van der Waals surface area contributed by atoms with Crippen molar-refractivity contribution in [1.82, 2.24) is 19.7 Å². The van der Waals surface area contributed by atoms with Crippen LogP contribution in [0.25, 0.3) is 5.69 Å². The lowest BCUT2D eigenvalue weighted by atomic mass is 10.1. The van der Waals surface area contributed by atoms with Crippen molar-refractivity contribution in [3.8, 4) is 5.69 Å². The number of nitrogens with one attached hydrogen (secondary N) is 1. The summed E-state index contributed by atoms with van der Waals surface area (Å²) in [6.45, 7) is 6.15. The molecule has 0 saturated carbocycles. The molecule has 1 aromatic carbocycles. The Labute approximate surface area is 143 Å². The molecule has 3 rings (SSSR count). The molecule has 0 aliphatic carbocycles. The topological polar surface area (TPSA) is 55.6 Å². The standard InChI is InChI=1S/C17H18BrN5/c1-11-8-12(2)23(22-11)16-6-4-14(5-7-16)13(3)21-17-19-9-15(18)10-20-17/h4-10,13H,1-3H3,(H,19,20,21). The molecule has 1 atom stereocenters. The van der Waals surface area contributed by atoms with Gasteiger partial charge in [0.25, 0.3) is 0 Å². The van der Waals surface area contributed by atoms with Crippen LogP contribution in [-0.4, -0.2) is 19.7 Å². The highest BCUT2D eigenvalue weighted by Gasteiger charge is 2.08. The summed E-state index contributed by atoms with van der Waals surface area (Å²) in [5.41, 5.74) is 4.38. The first-order chi connectivity index (χ1) is 11.0. The van der Waals surface area contributed by atoms with Crippen molar-refractivity contribution in [1.29, 1.82) is 0 Å². The first-order valence-corrected chi connectivity index (χ1v) is 8.20. The molecule has 2 heterocycles. The normalized spacial score (nSPS) is 12.2. The third-order valence-corrected chi connectivity index (χ3v) is 4.02. The van der Waals surface area contributed by atoms with Crippen molar-refractivity contribution >= 4 is 21.9 Å². The van der Waals surface area contributed by atoms with Gasteiger partial charge in [0.1, 0.15) is 0 Å². The van der Waals surface area contributed by atoms with Gasteiger partial charge >= 0.3 is 0 Å². The molecule has 3 aromatic rings. The Morgan fingerprint density at radius 3 is 2.30 bits per heavy atom. The van der Waals surface area contributed by atoms with Gasteiger partial charge in [0.15, 0.2) is 0 Å². The van der Waals surface area contributed by atoms with Crippen molar-refractivity contribution in [2.75, 3.05) is 5.32 Å². The second-order valence-electron chi connectivity index (χ2n) is 5.52. The average Bonchev–Trinajstić information content (AvgIpc) is 2.88. The molecule has 0 amide bonds. The van der Waals surface area contributed by atoms with Crippen LogP contribution in [0.4, 0.5) is 5.95 Å². The van der Waals surface area contributed by atoms with E-state index in [4.69, 9.17) is 0 Å². The van der Waals surface area contributed by atoms with Crippen molar-refractivity contribution < 1.29 is 0 Å². The number of halogens is 1. The van der Waals surface area contributed by atoms with Crippen LogP contribution >= 0.6 is 15.9 Å². The fourth-order valence-corrected chi connectivity index (χ4v) is 2.66. The number of aryl methyl sites for hydroxylation is 2. The van der Waals surface area contributed by atoms with Crippen LogP contribution in [-0.2, 0) is 0 Å². The first-order valence-electron chi connectivity index (χ1n) is 7.40. The van der Waals surface area contributed by atoms with E-state index in [-0.39, 0.29) is 6.04 Å². The summed E-state index contributed by atoms with van der Waals surface area (Å²) in [6.07, 6.45) is 3.46. The third-order valence-electron chi connectivity index (χ3n) is 3.61. The number of nitrogens with zero attached hydrogens (tertiary/aromatic N) is 4. The van der Waals surface area contributed by atoms with Gasteiger partial charge in [-0.05, 0) is 60.5 Å². The van der Waals surface area contributed by atoms with E-state index in [9.17, 15) is 0 Å². The van der Waals surface area contributed by atoms with Gasteiger partial charge < -0.3 is 5.32 Å². The molecular weight excluding hydrogens is 354 g/mol. The van der Waals surface area contributed by atoms with E-state index >= 15 is 0 Å². The molecule has 0 fully saturated rings. The number of hydrogen-bond donors (Lipinski definition) is 1. The Morgan fingerprint density at radius 1 is 1.09 bits per heavy atom. The summed E-state index contributed by atoms with van der Waals surface area (Å²) in [5, 5.41) is 7.80. The molecule has 6 heteroatoms. The number of hydrogen-bond acceptors (Lipinski definition) is 4. The highest BCUT2D eigenvalue weighted by molar-refractivity contribution is 9.10. The summed E-state index contributed by atoms with van der Waals surface area (Å²) in [4.78, 5) is 8.48. The van der Waals surface area contributed by atoms with Crippen molar-refractivity contribution in [2.24, 2.45) is 0 Å². The maximum atomic E-state index is 4.51. The summed E-state index contributed by atoms with van der Waals surface area (Å²) in [6, 6.07) is 10.5. The molecule has 1 unspecified atom stereocenters. The fraction of sp³-hybridized carbons (Fsp3) is 0.235. The molecule has 0 spiro atoms. The van der Waals surface area contributed by atoms with Crippen LogP contribution in [0.2, 0.25) is 0 Å². The van der Waals surface area contributed by atoms with Gasteiger partial charge in [-0.15, -0.1) is 0 Å². The van der Waals surface area contributed by atoms with Gasteiger partial charge in [0.2, 0.25) is 5.95 Å². The molecule has 118 valence electrons. The monoisotopic (exact) mass is 371 g/mol. The second kappa shape index (κ2) is 6.50. The molecule has 5 nitrogen and oxygen atoms in total. The molecule has 0 aliphatic rings. The minimum atomic E-state index is 0.116. The van der Waals surface area contributed by atoms with Crippen LogP contribution in [0.1, 0.15) is 29.9 Å². The summed E-state index contributed by atoms with van der Waals surface area (Å²) in [5.74, 6) is 0.614. The largest absolute Gasteiger partial charge is 0.348 e. The van der Waals surface area contributed by atoms with E-state index in [1.807, 2.05) is 11.6 Å². The first kappa shape index (κ1) is 15.7. The predicted molar refractivity (Wildman–Crippen MR) is 94.8 cm³/mol. The van der Waals surface area contributed by atoms with E-state index < -0.39 is 0 Å². The number of aromatic nitrogens is 4. The van der Waals surface area contributed by atoms with E-state index in [1.54, 1.807) is 12.4 Å². The van der Waals surface area contributed by atoms with Crippen LogP contribution < -0.4 is 5.32 Å². The van der Waals surface area contributed by atoms with Crippen molar-refractivity contribution in [3.63, 3.8) is 0 Å². The lowest BCUT2D eigenvalue weighted by molar-refractivity contribution is 0.826. The maximum absolute atomic E-state index is 4.51. The molecule has 2 aromatic heterocycles. The van der Waals surface area contributed by atoms with Crippen LogP contribution in [0.5, 0.6) is 0 Å². The Hall–Kier alpha value is -2.21. The van der Waals surface area contributed by atoms with Crippen molar-refractivity contribution in [3.05, 3.63) is 64.1 Å². The quantitative estimate of drug-likeness (QED) is 0.745. The minimum Gasteiger partial charge on any atom is -0.348 e. The zero-order valence-corrected chi connectivity index (χ0v) is 14.9. The SMILES string of the molecule is Cc1cc(C)n(-c2ccc(C(C)Nc3ncc(Br)cn3)cc2)n1. The molecule has 0 saturated heterocycles. The molecular formula is C17H18BrN5. The Kier molecular flexibility index (Phi) is 4.43. The predicted octanol–water partition coefficient (Wildman–Crippen LogP) is 4.21. The van der Waals surface area contributed by atoms with Gasteiger partial charge in [-0.25, -0.2) is 14.6 Å². The molecule has 23 heavy (non-hydrogen) atoms. The lowest BCUT2D eigenvalue weighted by Crippen LogP contribution is -2.09. The smallest absolute Gasteiger partial charge is 0.223 e. The zero-order valence-electron chi connectivity index (χ0n) is 13.3. The van der Waals surface area contributed by atoms with E-state index in [0.717, 1.165) is 21.5 Å². The molecule has 0 bridgehead atoms. The van der Waals surface area contributed by atoms with Gasteiger partial charge in [-0.2, -0.15) is 5.10 Å². The summed E-state index contributed by atoms with van der Waals surface area (Å²) < 4.78 is 2.82. The fourth-order valence-electron chi connectivity index (χ4n) is 2.46. The van der Waals surface area contributed by atoms with Crippen LogP contribution in [0, 0.1) is 13.8 Å². The molecule has 0 radical (unpaired) electrons. The molecule has 1 N–H and O–H groups in total. The van der Waals surface area contributed by atoms with Gasteiger partial charge in [-0.1, -0.05) is 12.1 Å². The lowest BCUT2D eigenvalue weighted by Gasteiger charge is -2.15. The minimum absolute atomic E-state index is 0.116. The Balaban J connectivity index is 1.76. The van der Waals surface area contributed by atoms with Crippen LogP contribution in [0.3, 0.4) is 0 Å². The number of anilines is 1. The van der Waals surface area contributed by atoms with Gasteiger partial charge in [0.05, 0.1) is 21.9 Å². The maximum Gasteiger partial charge on any atom is 0.223 e. The third kappa shape index (κ3) is 3.59. The second-order valence-corrected chi connectivity index (χ2v) is 6.44. The number of benzene rings is 1. The highest BCUT2D eigenvalue weighted by Crippen LogP contribution is 2.20. The van der Waals surface area contributed by atoms with Crippen LogP contribution in [0.15, 0.2) is 47.2 Å². The molecule has 0 aliphatic heterocycles. The van der Waals surface area contributed by atoms with Gasteiger partial charge in [0, 0.05) is 18.1 Å². The van der Waals surface area contributed by atoms with Crippen molar-refractivity contribution in [2.45, 2.75) is 26.8 Å². The average molecular weight is 372 g/mol. The van der Waals surface area contributed by atoms with E-state index in [2.05, 4.69) is 80.5 Å². The summed E-state index contributed by atoms with van der Waals surface area (Å²) >= 11 is 3.33. The summed E-state index contributed by atoms with van der Waals surface area (Å²) in [7, 11) is 0. The van der Waals surface area contributed by atoms with E-state index in [1.165, 1.54) is 5.56 Å². The van der Waals surface area contributed by atoms with E-state index in [0.29, 0.717) is 5.95 Å². The number of rotatable bonds is 4. The Morgan fingerprint density at radius 2 is 1.74 bits per heavy atom. The van der Waals surface area contributed by atoms with Gasteiger partial charge in [-0.3, -0.25) is 0 Å². The Bertz CT molecular complexity index is 793. The highest BCUT2D eigenvalue weighted by atomic mass is 79.9. The zero-order chi connectivity index (χ0) is 16.4.